The van der Waals surface area contributed by atoms with Crippen molar-refractivity contribution in [2.24, 2.45) is 11.3 Å². The topological polar surface area (TPSA) is 74.2 Å². The van der Waals surface area contributed by atoms with Gasteiger partial charge in [0.05, 0.1) is 17.6 Å². The number of methoxy groups -OCH3 is 1. The number of ether oxygens (including phenoxy) is 3. The summed E-state index contributed by atoms with van der Waals surface area (Å²) in [7, 11) is -1.35. The zero-order valence-electron chi connectivity index (χ0n) is 22.0. The number of fused-ring (bicyclic) bond motifs is 1. The van der Waals surface area contributed by atoms with Gasteiger partial charge >= 0.3 is 12.1 Å². The summed E-state index contributed by atoms with van der Waals surface area (Å²) in [4.78, 5) is 13.4. The Labute approximate surface area is 211 Å². The summed E-state index contributed by atoms with van der Waals surface area (Å²) in [5.41, 5.74) is -6.74. The number of hydrogen-bond acceptors (Lipinski definition) is 6. The maximum atomic E-state index is 14.4. The van der Waals surface area contributed by atoms with Crippen molar-refractivity contribution < 1.29 is 41.7 Å². The van der Waals surface area contributed by atoms with Gasteiger partial charge in [-0.15, -0.1) is 0 Å². The second-order valence-corrected chi connectivity index (χ2v) is 17.1. The highest BCUT2D eigenvalue weighted by atomic mass is 28.4. The van der Waals surface area contributed by atoms with Gasteiger partial charge in [-0.25, -0.2) is 4.79 Å². The third-order valence-electron chi connectivity index (χ3n) is 9.54. The van der Waals surface area contributed by atoms with Gasteiger partial charge in [-0.2, -0.15) is 13.2 Å². The smallest absolute Gasteiger partial charge is 0.432 e. The normalized spacial score (nSPS) is 35.6. The number of benzene rings is 1. The van der Waals surface area contributed by atoms with Gasteiger partial charge in [0.25, 0.3) is 5.60 Å². The molecular formula is C26H37F3O6Si. The van der Waals surface area contributed by atoms with Crippen LogP contribution in [0.3, 0.4) is 0 Å². The zero-order valence-corrected chi connectivity index (χ0v) is 23.0. The number of esters is 1. The molecule has 10 heteroatoms. The van der Waals surface area contributed by atoms with Crippen LogP contribution in [-0.4, -0.2) is 63.2 Å². The van der Waals surface area contributed by atoms with Crippen LogP contribution in [0, 0.1) is 11.3 Å². The Kier molecular flexibility index (Phi) is 6.33. The minimum Gasteiger partial charge on any atom is -0.459 e. The molecule has 6 nitrogen and oxygen atoms in total. The Morgan fingerprint density at radius 3 is 2.31 bits per heavy atom. The molecule has 1 aromatic carbocycles. The monoisotopic (exact) mass is 530 g/mol. The molecule has 4 fully saturated rings. The van der Waals surface area contributed by atoms with Crippen molar-refractivity contribution in [3.8, 4) is 0 Å². The SMILES string of the molecule is CO[C@](C(=O)O[C@@H]1C[C@]2(C)OC[C@]3(CO[Si](C)(C)C(C)(C)C)[C@H]1C[C@@]32O)(c1ccccc1)C(F)(F)F. The van der Waals surface area contributed by atoms with Crippen LogP contribution in [-0.2, 0) is 29.0 Å². The van der Waals surface area contributed by atoms with Crippen molar-refractivity contribution in [1.29, 1.82) is 0 Å². The molecule has 0 unspecified atom stereocenters. The predicted molar refractivity (Wildman–Crippen MR) is 129 cm³/mol. The number of alkyl halides is 3. The first-order valence-corrected chi connectivity index (χ1v) is 15.2. The lowest BCUT2D eigenvalue weighted by Crippen LogP contribution is -2.78. The van der Waals surface area contributed by atoms with E-state index in [1.807, 2.05) is 0 Å². The molecule has 0 radical (unpaired) electrons. The van der Waals surface area contributed by atoms with Crippen molar-refractivity contribution in [2.75, 3.05) is 20.3 Å². The number of hydrogen-bond donors (Lipinski definition) is 1. The first kappa shape index (κ1) is 27.6. The van der Waals surface area contributed by atoms with Crippen molar-refractivity contribution in [2.45, 2.75) is 87.8 Å². The summed E-state index contributed by atoms with van der Waals surface area (Å²) >= 11 is 0. The number of halogens is 3. The van der Waals surface area contributed by atoms with Crippen LogP contribution in [0.4, 0.5) is 13.2 Å². The van der Waals surface area contributed by atoms with E-state index in [9.17, 15) is 23.1 Å². The minimum atomic E-state index is -5.06. The first-order valence-electron chi connectivity index (χ1n) is 12.3. The fourth-order valence-corrected chi connectivity index (χ4v) is 7.09. The van der Waals surface area contributed by atoms with Gasteiger partial charge in [0.2, 0.25) is 0 Å². The van der Waals surface area contributed by atoms with Crippen LogP contribution in [0.1, 0.15) is 46.1 Å². The molecule has 202 valence electrons. The molecule has 0 aromatic heterocycles. The zero-order chi connectivity index (χ0) is 27.0. The van der Waals surface area contributed by atoms with Gasteiger partial charge < -0.3 is 23.7 Å². The second kappa shape index (κ2) is 8.27. The van der Waals surface area contributed by atoms with E-state index in [4.69, 9.17) is 18.6 Å². The van der Waals surface area contributed by atoms with E-state index in [0.717, 1.165) is 7.11 Å². The third-order valence-corrected chi connectivity index (χ3v) is 14.0. The van der Waals surface area contributed by atoms with E-state index in [0.29, 0.717) is 0 Å². The fraction of sp³-hybridized carbons (Fsp3) is 0.731. The summed E-state index contributed by atoms with van der Waals surface area (Å²) in [5, 5.41) is 11.6. The predicted octanol–water partition coefficient (Wildman–Crippen LogP) is 4.95. The molecule has 5 rings (SSSR count). The molecule has 0 amide bonds. The highest BCUT2D eigenvalue weighted by Crippen LogP contribution is 2.71. The summed E-state index contributed by atoms with van der Waals surface area (Å²) in [5.74, 6) is -1.92. The van der Waals surface area contributed by atoms with Crippen molar-refractivity contribution >= 4 is 14.3 Å². The number of carbonyl (C=O) groups excluding carboxylic acids is 1. The maximum Gasteiger partial charge on any atom is 0.432 e. The molecule has 36 heavy (non-hydrogen) atoms. The molecule has 6 atom stereocenters. The summed E-state index contributed by atoms with van der Waals surface area (Å²) in [6.45, 7) is 12.7. The van der Waals surface area contributed by atoms with Crippen LogP contribution in [0.5, 0.6) is 0 Å². The molecule has 1 heterocycles. The highest BCUT2D eigenvalue weighted by molar-refractivity contribution is 6.74. The highest BCUT2D eigenvalue weighted by Gasteiger charge is 2.82. The Morgan fingerprint density at radius 1 is 1.17 bits per heavy atom. The lowest BCUT2D eigenvalue weighted by molar-refractivity contribution is -0.309. The molecular weight excluding hydrogens is 493 g/mol. The lowest BCUT2D eigenvalue weighted by atomic mass is 9.41. The largest absolute Gasteiger partial charge is 0.459 e. The van der Waals surface area contributed by atoms with Gasteiger partial charge in [0, 0.05) is 31.6 Å². The van der Waals surface area contributed by atoms with Crippen molar-refractivity contribution in [3.63, 3.8) is 0 Å². The van der Waals surface area contributed by atoms with Crippen LogP contribution >= 0.6 is 0 Å². The van der Waals surface area contributed by atoms with Gasteiger partial charge in [-0.05, 0) is 31.5 Å². The summed E-state index contributed by atoms with van der Waals surface area (Å²) in [6, 6.07) is 6.78. The van der Waals surface area contributed by atoms with E-state index < -0.39 is 54.7 Å². The quantitative estimate of drug-likeness (QED) is 0.397. The van der Waals surface area contributed by atoms with E-state index in [1.165, 1.54) is 24.3 Å². The third kappa shape index (κ3) is 3.55. The molecule has 3 aliphatic carbocycles. The van der Waals surface area contributed by atoms with E-state index in [2.05, 4.69) is 33.9 Å². The molecule has 4 aliphatic rings. The van der Waals surface area contributed by atoms with E-state index in [1.54, 1.807) is 13.0 Å². The van der Waals surface area contributed by atoms with Crippen LogP contribution in [0.15, 0.2) is 30.3 Å². The van der Waals surface area contributed by atoms with Crippen LogP contribution in [0.2, 0.25) is 18.1 Å². The summed E-state index contributed by atoms with van der Waals surface area (Å²) < 4.78 is 66.4. The van der Waals surface area contributed by atoms with Gasteiger partial charge in [0.1, 0.15) is 11.7 Å². The Hall–Kier alpha value is -1.46. The van der Waals surface area contributed by atoms with Crippen LogP contribution in [0.25, 0.3) is 0 Å². The van der Waals surface area contributed by atoms with Gasteiger partial charge in [-0.3, -0.25) is 0 Å². The van der Waals surface area contributed by atoms with Crippen molar-refractivity contribution in [1.82, 2.24) is 0 Å². The maximum absolute atomic E-state index is 14.4. The molecule has 1 aliphatic heterocycles. The lowest BCUT2D eigenvalue weighted by Gasteiger charge is -2.67. The van der Waals surface area contributed by atoms with Crippen molar-refractivity contribution in [3.05, 3.63) is 35.9 Å². The number of aliphatic hydroxyl groups is 1. The average Bonchev–Trinajstić information content (AvgIpc) is 2.84. The average molecular weight is 531 g/mol. The Balaban J connectivity index is 1.65. The molecule has 1 saturated heterocycles. The molecule has 0 spiro atoms. The molecule has 1 N–H and O–H groups in total. The van der Waals surface area contributed by atoms with Gasteiger partial charge in [0.15, 0.2) is 8.32 Å². The molecule has 4 bridgehead atoms. The standard InChI is InChI=1S/C26H37F3O6Si/c1-21(2,3)36(6,7)34-16-23-15-33-22(4)14-19(18(23)13-24(22,23)31)35-20(30)25(32-5,26(27,28)29)17-11-9-8-10-12-17/h8-12,18-19,31H,13-16H2,1-7H3/t18-,19+,22-,23-,24-,25-/m0/s1. The van der Waals surface area contributed by atoms with E-state index >= 15 is 0 Å². The molecule has 1 aromatic rings. The van der Waals surface area contributed by atoms with Crippen LogP contribution < -0.4 is 0 Å². The van der Waals surface area contributed by atoms with Gasteiger partial charge in [-0.1, -0.05) is 51.1 Å². The Morgan fingerprint density at radius 2 is 1.78 bits per heavy atom. The minimum absolute atomic E-state index is 0.0692. The number of carbonyl (C=O) groups is 1. The second-order valence-electron chi connectivity index (χ2n) is 12.3. The first-order chi connectivity index (χ1) is 16.4. The van der Waals surface area contributed by atoms with E-state index in [-0.39, 0.29) is 36.7 Å². The fourth-order valence-electron chi connectivity index (χ4n) is 6.04. The summed E-state index contributed by atoms with van der Waals surface area (Å²) in [6.07, 6.45) is -5.59. The number of rotatable bonds is 7. The molecule has 3 saturated carbocycles. The Bertz CT molecular complexity index is 1010.